The number of nitrogens with zero attached hydrogens (tertiary/aromatic N) is 2. The highest BCUT2D eigenvalue weighted by Gasteiger charge is 2.42. The molecule has 1 aliphatic heterocycles. The second-order valence-corrected chi connectivity index (χ2v) is 6.57. The maximum Gasteiger partial charge on any atom is 0.417 e. The van der Waals surface area contributed by atoms with Crippen molar-refractivity contribution in [2.24, 2.45) is 0 Å². The van der Waals surface area contributed by atoms with Crippen molar-refractivity contribution >= 4 is 5.91 Å². The number of halogens is 6. The lowest BCUT2D eigenvalue weighted by atomic mass is 9.99. The number of aromatic nitrogens is 3. The van der Waals surface area contributed by atoms with Crippen LogP contribution in [0.2, 0.25) is 0 Å². The number of aromatic amines is 1. The van der Waals surface area contributed by atoms with Gasteiger partial charge in [-0.1, -0.05) is 6.07 Å². The van der Waals surface area contributed by atoms with Crippen molar-refractivity contribution < 1.29 is 31.1 Å². The van der Waals surface area contributed by atoms with Gasteiger partial charge in [-0.15, -0.1) is 0 Å². The van der Waals surface area contributed by atoms with Gasteiger partial charge in [-0.3, -0.25) is 4.79 Å². The monoisotopic (exact) mass is 426 g/mol. The van der Waals surface area contributed by atoms with Crippen molar-refractivity contribution in [1.82, 2.24) is 20.3 Å². The lowest BCUT2D eigenvalue weighted by molar-refractivity contribution is -0.142. The van der Waals surface area contributed by atoms with Gasteiger partial charge in [0, 0.05) is 30.4 Å². The lowest BCUT2D eigenvalue weighted by Crippen LogP contribution is -2.31. The summed E-state index contributed by atoms with van der Waals surface area (Å²) in [6, 6.07) is 4.59. The molecular formula is C19H12F6N4O. The van der Waals surface area contributed by atoms with E-state index in [-0.39, 0.29) is 11.6 Å². The van der Waals surface area contributed by atoms with Crippen molar-refractivity contribution in [3.8, 4) is 22.8 Å². The average Bonchev–Trinajstić information content (AvgIpc) is 3.12. The fourth-order valence-corrected chi connectivity index (χ4v) is 3.33. The van der Waals surface area contributed by atoms with E-state index in [0.717, 1.165) is 6.20 Å². The molecular weight excluding hydrogens is 414 g/mol. The molecule has 1 aliphatic rings. The van der Waals surface area contributed by atoms with Crippen LogP contribution in [0.4, 0.5) is 26.3 Å². The van der Waals surface area contributed by atoms with Gasteiger partial charge < -0.3 is 10.3 Å². The highest BCUT2D eigenvalue weighted by atomic mass is 19.4. The van der Waals surface area contributed by atoms with E-state index in [0.29, 0.717) is 48.1 Å². The van der Waals surface area contributed by atoms with E-state index < -0.39 is 34.9 Å². The molecule has 0 saturated carbocycles. The Balaban J connectivity index is 1.89. The molecule has 3 heterocycles. The molecule has 5 nitrogen and oxygen atoms in total. The summed E-state index contributed by atoms with van der Waals surface area (Å²) in [4.78, 5) is 22.5. The van der Waals surface area contributed by atoms with Gasteiger partial charge >= 0.3 is 12.4 Å². The molecule has 0 aliphatic carbocycles. The Labute approximate surface area is 165 Å². The third kappa shape index (κ3) is 3.51. The molecule has 2 aromatic heterocycles. The van der Waals surface area contributed by atoms with Crippen LogP contribution in [0.3, 0.4) is 0 Å². The quantitative estimate of drug-likeness (QED) is 0.595. The predicted molar refractivity (Wildman–Crippen MR) is 93.3 cm³/mol. The number of amides is 1. The third-order valence-electron chi connectivity index (χ3n) is 4.63. The van der Waals surface area contributed by atoms with Crippen molar-refractivity contribution in [1.29, 1.82) is 0 Å². The number of rotatable bonds is 2. The van der Waals surface area contributed by atoms with Crippen LogP contribution in [-0.2, 0) is 18.8 Å². The Morgan fingerprint density at radius 3 is 2.23 bits per heavy atom. The van der Waals surface area contributed by atoms with E-state index in [9.17, 15) is 31.1 Å². The number of carbonyl (C=O) groups is 1. The van der Waals surface area contributed by atoms with Crippen molar-refractivity contribution in [3.63, 3.8) is 0 Å². The topological polar surface area (TPSA) is 70.7 Å². The zero-order chi connectivity index (χ0) is 21.7. The van der Waals surface area contributed by atoms with Crippen LogP contribution in [0.25, 0.3) is 22.8 Å². The minimum Gasteiger partial charge on any atom is -0.356 e. The molecule has 30 heavy (non-hydrogen) atoms. The normalized spacial score (nSPS) is 14.4. The highest BCUT2D eigenvalue weighted by molar-refractivity contribution is 5.97. The molecule has 11 heteroatoms. The zero-order valence-corrected chi connectivity index (χ0v) is 14.9. The van der Waals surface area contributed by atoms with Crippen LogP contribution in [-0.4, -0.2) is 27.4 Å². The number of alkyl halides is 6. The van der Waals surface area contributed by atoms with Gasteiger partial charge in [0.05, 0.1) is 28.1 Å². The van der Waals surface area contributed by atoms with E-state index in [1.165, 1.54) is 12.1 Å². The largest absolute Gasteiger partial charge is 0.417 e. The Bertz CT molecular complexity index is 1100. The Kier molecular flexibility index (Phi) is 4.55. The van der Waals surface area contributed by atoms with Gasteiger partial charge in [0.15, 0.2) is 5.82 Å². The van der Waals surface area contributed by atoms with Crippen LogP contribution >= 0.6 is 0 Å². The van der Waals surface area contributed by atoms with E-state index in [1.807, 2.05) is 0 Å². The maximum absolute atomic E-state index is 13.5. The number of fused-ring (bicyclic) bond motifs is 1. The van der Waals surface area contributed by atoms with Gasteiger partial charge in [0.25, 0.3) is 5.91 Å². The molecule has 0 spiro atoms. The van der Waals surface area contributed by atoms with E-state index in [1.54, 1.807) is 0 Å². The minimum absolute atomic E-state index is 0.0623. The van der Waals surface area contributed by atoms with Crippen LogP contribution in [0.5, 0.6) is 0 Å². The van der Waals surface area contributed by atoms with Gasteiger partial charge in [-0.25, -0.2) is 9.97 Å². The summed E-state index contributed by atoms with van der Waals surface area (Å²) in [5, 5.41) is 2.65. The molecule has 0 unspecified atom stereocenters. The first-order valence-electron chi connectivity index (χ1n) is 8.67. The number of carbonyl (C=O) groups excluding carboxylic acids is 1. The summed E-state index contributed by atoms with van der Waals surface area (Å²) in [6.45, 7) is 0.411. The van der Waals surface area contributed by atoms with Gasteiger partial charge in [0.1, 0.15) is 0 Å². The van der Waals surface area contributed by atoms with E-state index in [4.69, 9.17) is 0 Å². The Hall–Kier alpha value is -3.37. The lowest BCUT2D eigenvalue weighted by Gasteiger charge is -2.18. The molecule has 156 valence electrons. The van der Waals surface area contributed by atoms with Crippen LogP contribution in [0.15, 0.2) is 36.5 Å². The number of hydrogen-bond donors (Lipinski definition) is 2. The first-order valence-corrected chi connectivity index (χ1v) is 8.67. The van der Waals surface area contributed by atoms with E-state index in [2.05, 4.69) is 20.3 Å². The molecule has 0 saturated heterocycles. The van der Waals surface area contributed by atoms with Crippen molar-refractivity contribution in [3.05, 3.63) is 58.9 Å². The molecule has 1 aromatic carbocycles. The molecule has 2 N–H and O–H groups in total. The number of nitrogens with one attached hydrogen (secondary N) is 2. The van der Waals surface area contributed by atoms with Crippen molar-refractivity contribution in [2.45, 2.75) is 18.8 Å². The second kappa shape index (κ2) is 6.85. The molecule has 0 bridgehead atoms. The maximum atomic E-state index is 13.5. The standard InChI is InChI=1S/C19H12F6N4O/c20-18(21,22)10-2-1-3-11(19(23,24)25)15(10)16-26-6-5-13(29-16)14-8-9-12(28-14)4-7-27-17(9)30/h1-3,5-6,8,28H,4,7H2,(H,27,30). The van der Waals surface area contributed by atoms with Gasteiger partial charge in [0.2, 0.25) is 0 Å². The average molecular weight is 426 g/mol. The van der Waals surface area contributed by atoms with Gasteiger partial charge in [-0.2, -0.15) is 26.3 Å². The van der Waals surface area contributed by atoms with Crippen LogP contribution < -0.4 is 5.32 Å². The summed E-state index contributed by atoms with van der Waals surface area (Å²) in [6.07, 6.45) is -8.50. The summed E-state index contributed by atoms with van der Waals surface area (Å²) in [5.41, 5.74) is -2.80. The smallest absolute Gasteiger partial charge is 0.356 e. The first-order chi connectivity index (χ1) is 14.1. The Morgan fingerprint density at radius 1 is 0.967 bits per heavy atom. The van der Waals surface area contributed by atoms with Crippen LogP contribution in [0, 0.1) is 0 Å². The molecule has 0 radical (unpaired) electrons. The summed E-state index contributed by atoms with van der Waals surface area (Å²) < 4.78 is 80.7. The number of hydrogen-bond acceptors (Lipinski definition) is 3. The van der Waals surface area contributed by atoms with Gasteiger partial charge in [-0.05, 0) is 24.3 Å². The number of H-pyrrole nitrogens is 1. The molecule has 0 atom stereocenters. The molecule has 4 rings (SSSR count). The Morgan fingerprint density at radius 2 is 1.63 bits per heavy atom. The second-order valence-electron chi connectivity index (χ2n) is 6.57. The fraction of sp³-hybridized carbons (Fsp3) is 0.211. The predicted octanol–water partition coefficient (Wildman–Crippen LogP) is 4.46. The van der Waals surface area contributed by atoms with Crippen LogP contribution in [0.1, 0.15) is 27.2 Å². The summed E-state index contributed by atoms with van der Waals surface area (Å²) in [7, 11) is 0. The van der Waals surface area contributed by atoms with Crippen molar-refractivity contribution in [2.75, 3.05) is 6.54 Å². The van der Waals surface area contributed by atoms with E-state index >= 15 is 0 Å². The summed E-state index contributed by atoms with van der Waals surface area (Å²) >= 11 is 0. The molecule has 1 amide bonds. The minimum atomic E-state index is -5.04. The highest BCUT2D eigenvalue weighted by Crippen LogP contribution is 2.43. The SMILES string of the molecule is O=C1NCCc2[nH]c(-c3ccnc(-c4c(C(F)(F)F)cccc4C(F)(F)F)n3)cc21. The zero-order valence-electron chi connectivity index (χ0n) is 14.9. The first kappa shape index (κ1) is 19.9. The fourth-order valence-electron chi connectivity index (χ4n) is 3.33. The molecule has 0 fully saturated rings. The summed E-state index contributed by atoms with van der Waals surface area (Å²) in [5.74, 6) is -1.04. The molecule has 3 aromatic rings. The number of benzene rings is 1. The third-order valence-corrected chi connectivity index (χ3v) is 4.63.